The molecule has 2 fully saturated rings. The predicted molar refractivity (Wildman–Crippen MR) is 111 cm³/mol. The minimum Gasteiger partial charge on any atom is -0.496 e. The predicted octanol–water partition coefficient (Wildman–Crippen LogP) is 1.93. The molecular formula is C21H33N3O5. The number of guanidine groups is 1. The van der Waals surface area contributed by atoms with E-state index in [9.17, 15) is 0 Å². The smallest absolute Gasteiger partial charge is 0.193 e. The van der Waals surface area contributed by atoms with Crippen molar-refractivity contribution in [2.24, 2.45) is 4.99 Å². The van der Waals surface area contributed by atoms with Crippen LogP contribution in [-0.4, -0.2) is 83.8 Å². The quantitative estimate of drug-likeness (QED) is 0.401. The highest BCUT2D eigenvalue weighted by atomic mass is 16.5. The summed E-state index contributed by atoms with van der Waals surface area (Å²) >= 11 is 0. The fourth-order valence-electron chi connectivity index (χ4n) is 3.65. The Kier molecular flexibility index (Phi) is 8.25. The van der Waals surface area contributed by atoms with Gasteiger partial charge in [-0.3, -0.25) is 4.99 Å². The maximum atomic E-state index is 5.93. The summed E-state index contributed by atoms with van der Waals surface area (Å²) in [4.78, 5) is 6.69. The summed E-state index contributed by atoms with van der Waals surface area (Å²) in [6.45, 7) is 4.55. The molecule has 8 heteroatoms. The van der Waals surface area contributed by atoms with Crippen molar-refractivity contribution in [1.82, 2.24) is 10.2 Å². The SMILES string of the molecule is CN=C(NCCCOc1cc(OC)cc(OC)c1)N1CCOC(C2CCCO2)C1. The van der Waals surface area contributed by atoms with Gasteiger partial charge in [-0.1, -0.05) is 0 Å². The first kappa shape index (κ1) is 21.5. The monoisotopic (exact) mass is 407 g/mol. The first-order chi connectivity index (χ1) is 14.2. The molecule has 8 nitrogen and oxygen atoms in total. The zero-order valence-corrected chi connectivity index (χ0v) is 17.7. The molecule has 1 aromatic carbocycles. The number of nitrogens with one attached hydrogen (secondary N) is 1. The number of hydrogen-bond acceptors (Lipinski definition) is 6. The summed E-state index contributed by atoms with van der Waals surface area (Å²) in [5.41, 5.74) is 0. The average molecular weight is 408 g/mol. The standard InChI is InChI=1S/C21H33N3O5/c1-22-21(24-8-11-29-20(15-24)19-6-4-9-28-19)23-7-5-10-27-18-13-16(25-2)12-17(14-18)26-3/h12-14,19-20H,4-11,15H2,1-3H3,(H,22,23). The van der Waals surface area contributed by atoms with Gasteiger partial charge in [-0.2, -0.15) is 0 Å². The fraction of sp³-hybridized carbons (Fsp3) is 0.667. The van der Waals surface area contributed by atoms with Gasteiger partial charge in [-0.15, -0.1) is 0 Å². The molecule has 2 unspecified atom stereocenters. The second-order valence-corrected chi connectivity index (χ2v) is 7.13. The fourth-order valence-corrected chi connectivity index (χ4v) is 3.65. The molecule has 2 aliphatic rings. The van der Waals surface area contributed by atoms with E-state index < -0.39 is 0 Å². The molecule has 0 radical (unpaired) electrons. The first-order valence-corrected chi connectivity index (χ1v) is 10.3. The third-order valence-corrected chi connectivity index (χ3v) is 5.18. The Morgan fingerprint density at radius 2 is 1.83 bits per heavy atom. The van der Waals surface area contributed by atoms with Gasteiger partial charge in [0.05, 0.1) is 33.5 Å². The lowest BCUT2D eigenvalue weighted by molar-refractivity contribution is -0.0816. The average Bonchev–Trinajstić information content (AvgIpc) is 3.31. The molecule has 0 aromatic heterocycles. The van der Waals surface area contributed by atoms with Gasteiger partial charge in [0.2, 0.25) is 0 Å². The molecular weight excluding hydrogens is 374 g/mol. The van der Waals surface area contributed by atoms with Crippen LogP contribution in [0.2, 0.25) is 0 Å². The number of hydrogen-bond donors (Lipinski definition) is 1. The second-order valence-electron chi connectivity index (χ2n) is 7.13. The molecule has 2 heterocycles. The van der Waals surface area contributed by atoms with E-state index >= 15 is 0 Å². The topological polar surface area (TPSA) is 73.8 Å². The van der Waals surface area contributed by atoms with Crippen molar-refractivity contribution in [3.63, 3.8) is 0 Å². The molecule has 0 saturated carbocycles. The van der Waals surface area contributed by atoms with Crippen LogP contribution in [0.25, 0.3) is 0 Å². The van der Waals surface area contributed by atoms with Gasteiger partial charge in [0.15, 0.2) is 5.96 Å². The van der Waals surface area contributed by atoms with E-state index in [-0.39, 0.29) is 12.2 Å². The highest BCUT2D eigenvalue weighted by Crippen LogP contribution is 2.27. The highest BCUT2D eigenvalue weighted by Gasteiger charge is 2.32. The minimum atomic E-state index is 0.121. The van der Waals surface area contributed by atoms with Crippen molar-refractivity contribution in [3.8, 4) is 17.2 Å². The van der Waals surface area contributed by atoms with Crippen LogP contribution in [0.4, 0.5) is 0 Å². The molecule has 0 amide bonds. The van der Waals surface area contributed by atoms with Gasteiger partial charge in [0.1, 0.15) is 23.4 Å². The van der Waals surface area contributed by atoms with Crippen LogP contribution in [0.5, 0.6) is 17.2 Å². The first-order valence-electron chi connectivity index (χ1n) is 10.3. The normalized spacial score (nSPS) is 22.4. The van der Waals surface area contributed by atoms with E-state index in [1.165, 1.54) is 0 Å². The molecule has 1 N–H and O–H groups in total. The van der Waals surface area contributed by atoms with Crippen molar-refractivity contribution in [2.45, 2.75) is 31.5 Å². The van der Waals surface area contributed by atoms with Crippen LogP contribution < -0.4 is 19.5 Å². The Balaban J connectivity index is 1.41. The number of nitrogens with zero attached hydrogens (tertiary/aromatic N) is 2. The van der Waals surface area contributed by atoms with Crippen LogP contribution in [0, 0.1) is 0 Å². The Morgan fingerprint density at radius 3 is 2.48 bits per heavy atom. The summed E-state index contributed by atoms with van der Waals surface area (Å²) in [5.74, 6) is 3.06. The summed E-state index contributed by atoms with van der Waals surface area (Å²) in [5, 5.41) is 3.43. The zero-order chi connectivity index (χ0) is 20.5. The van der Waals surface area contributed by atoms with Crippen LogP contribution >= 0.6 is 0 Å². The number of benzene rings is 1. The molecule has 3 rings (SSSR count). The molecule has 0 aliphatic carbocycles. The van der Waals surface area contributed by atoms with E-state index in [1.807, 2.05) is 25.2 Å². The lowest BCUT2D eigenvalue weighted by Crippen LogP contribution is -2.53. The van der Waals surface area contributed by atoms with E-state index in [4.69, 9.17) is 23.7 Å². The van der Waals surface area contributed by atoms with Gasteiger partial charge in [0, 0.05) is 51.5 Å². The molecule has 2 saturated heterocycles. The maximum absolute atomic E-state index is 5.93. The summed E-state index contributed by atoms with van der Waals surface area (Å²) in [6.07, 6.45) is 3.38. The van der Waals surface area contributed by atoms with E-state index in [1.54, 1.807) is 14.2 Å². The van der Waals surface area contributed by atoms with Gasteiger partial charge >= 0.3 is 0 Å². The number of ether oxygens (including phenoxy) is 5. The van der Waals surface area contributed by atoms with Crippen LogP contribution in [0.3, 0.4) is 0 Å². The highest BCUT2D eigenvalue weighted by molar-refractivity contribution is 5.80. The number of rotatable bonds is 8. The van der Waals surface area contributed by atoms with Crippen molar-refractivity contribution in [2.75, 3.05) is 60.7 Å². The van der Waals surface area contributed by atoms with Gasteiger partial charge in [-0.05, 0) is 19.3 Å². The molecule has 0 spiro atoms. The zero-order valence-electron chi connectivity index (χ0n) is 17.7. The van der Waals surface area contributed by atoms with E-state index in [2.05, 4.69) is 15.2 Å². The number of morpholine rings is 1. The lowest BCUT2D eigenvalue weighted by atomic mass is 10.1. The van der Waals surface area contributed by atoms with Crippen LogP contribution in [0.15, 0.2) is 23.2 Å². The summed E-state index contributed by atoms with van der Waals surface area (Å²) in [6, 6.07) is 5.53. The van der Waals surface area contributed by atoms with Crippen molar-refractivity contribution < 1.29 is 23.7 Å². The Hall–Kier alpha value is -2.19. The largest absolute Gasteiger partial charge is 0.496 e. The van der Waals surface area contributed by atoms with Crippen molar-refractivity contribution in [1.29, 1.82) is 0 Å². The maximum Gasteiger partial charge on any atom is 0.193 e. The minimum absolute atomic E-state index is 0.121. The van der Waals surface area contributed by atoms with Crippen LogP contribution in [-0.2, 0) is 9.47 Å². The summed E-state index contributed by atoms with van der Waals surface area (Å²) in [7, 11) is 5.07. The second kappa shape index (κ2) is 11.1. The molecule has 29 heavy (non-hydrogen) atoms. The van der Waals surface area contributed by atoms with Crippen molar-refractivity contribution >= 4 is 5.96 Å². The molecule has 0 bridgehead atoms. The van der Waals surface area contributed by atoms with Gasteiger partial charge < -0.3 is 33.9 Å². The Labute approximate surface area is 173 Å². The Bertz CT molecular complexity index is 641. The van der Waals surface area contributed by atoms with E-state index in [0.717, 1.165) is 57.2 Å². The van der Waals surface area contributed by atoms with Crippen LogP contribution in [0.1, 0.15) is 19.3 Å². The molecule has 162 valence electrons. The molecule has 1 aromatic rings. The van der Waals surface area contributed by atoms with Gasteiger partial charge in [0.25, 0.3) is 0 Å². The van der Waals surface area contributed by atoms with Gasteiger partial charge in [-0.25, -0.2) is 0 Å². The summed E-state index contributed by atoms with van der Waals surface area (Å²) < 4.78 is 28.1. The van der Waals surface area contributed by atoms with E-state index in [0.29, 0.717) is 24.7 Å². The third kappa shape index (κ3) is 6.14. The number of methoxy groups -OCH3 is 2. The number of aliphatic imine (C=N–C) groups is 1. The molecule has 2 atom stereocenters. The lowest BCUT2D eigenvalue weighted by Gasteiger charge is -2.37. The third-order valence-electron chi connectivity index (χ3n) is 5.18. The Morgan fingerprint density at radius 1 is 1.10 bits per heavy atom. The molecule has 2 aliphatic heterocycles. The van der Waals surface area contributed by atoms with Crippen molar-refractivity contribution in [3.05, 3.63) is 18.2 Å².